The molecule has 0 saturated carbocycles. The Morgan fingerprint density at radius 3 is 2.38 bits per heavy atom. The summed E-state index contributed by atoms with van der Waals surface area (Å²) in [5.74, 6) is 0.498. The maximum Gasteiger partial charge on any atom is -0.000732 e. The topological polar surface area (TPSA) is 0 Å². The normalized spacial score (nSPS) is 14.0. The van der Waals surface area contributed by atoms with Gasteiger partial charge in [-0.05, 0) is 18.4 Å². The Kier molecular flexibility index (Phi) is 4.04. The lowest BCUT2D eigenvalue weighted by molar-refractivity contribution is 0.968. The largest absolute Gasteiger partial charge is 0.0877 e. The summed E-state index contributed by atoms with van der Waals surface area (Å²) >= 11 is 0. The van der Waals surface area contributed by atoms with E-state index >= 15 is 0 Å². The van der Waals surface area contributed by atoms with Crippen LogP contribution in [0.2, 0.25) is 0 Å². The molecule has 0 heteroatoms. The van der Waals surface area contributed by atoms with Gasteiger partial charge in [-0.2, -0.15) is 0 Å². The van der Waals surface area contributed by atoms with Crippen LogP contribution in [0.1, 0.15) is 25.3 Å². The second-order valence-electron chi connectivity index (χ2n) is 3.11. The third-order valence-electron chi connectivity index (χ3n) is 2.03. The molecule has 0 aromatic heterocycles. The summed E-state index contributed by atoms with van der Waals surface area (Å²) in [6.07, 6.45) is 8.39. The van der Waals surface area contributed by atoms with Crippen molar-refractivity contribution in [1.29, 1.82) is 0 Å². The van der Waals surface area contributed by atoms with Gasteiger partial charge in [0.05, 0.1) is 0 Å². The van der Waals surface area contributed by atoms with Crippen LogP contribution in [0.4, 0.5) is 0 Å². The van der Waals surface area contributed by atoms with E-state index in [1.165, 1.54) is 5.56 Å². The highest BCUT2D eigenvalue weighted by Gasteiger charge is 1.97. The van der Waals surface area contributed by atoms with Crippen LogP contribution in [-0.2, 0) is 0 Å². The van der Waals surface area contributed by atoms with Crippen molar-refractivity contribution in [3.05, 3.63) is 60.2 Å². The van der Waals surface area contributed by atoms with E-state index in [9.17, 15) is 0 Å². The number of benzene rings is 1. The minimum absolute atomic E-state index is 0.498. The van der Waals surface area contributed by atoms with E-state index in [0.29, 0.717) is 5.92 Å². The Balaban J connectivity index is 2.63. The van der Waals surface area contributed by atoms with Crippen molar-refractivity contribution in [3.8, 4) is 0 Å². The van der Waals surface area contributed by atoms with Crippen LogP contribution in [0.25, 0.3) is 0 Å². The van der Waals surface area contributed by atoms with Crippen LogP contribution in [-0.4, -0.2) is 0 Å². The van der Waals surface area contributed by atoms with Crippen LogP contribution < -0.4 is 0 Å². The highest BCUT2D eigenvalue weighted by atomic mass is 14.0. The predicted molar refractivity (Wildman–Crippen MR) is 58.8 cm³/mol. The molecule has 1 rings (SSSR count). The number of allylic oxidation sites excluding steroid dienone is 4. The lowest BCUT2D eigenvalue weighted by Gasteiger charge is -2.04. The average Bonchev–Trinajstić information content (AvgIpc) is 2.19. The molecule has 68 valence electrons. The zero-order chi connectivity index (χ0) is 9.52. The van der Waals surface area contributed by atoms with E-state index in [1.807, 2.05) is 19.1 Å². The summed E-state index contributed by atoms with van der Waals surface area (Å²) in [4.78, 5) is 0. The molecule has 13 heavy (non-hydrogen) atoms. The summed E-state index contributed by atoms with van der Waals surface area (Å²) in [5, 5.41) is 0. The molecular weight excluding hydrogens is 156 g/mol. The second-order valence-corrected chi connectivity index (χ2v) is 3.11. The van der Waals surface area contributed by atoms with Gasteiger partial charge in [-0.25, -0.2) is 0 Å². The Morgan fingerprint density at radius 1 is 1.08 bits per heavy atom. The Labute approximate surface area is 80.6 Å². The quantitative estimate of drug-likeness (QED) is 0.606. The lowest BCUT2D eigenvalue weighted by Crippen LogP contribution is -1.86. The van der Waals surface area contributed by atoms with Gasteiger partial charge in [-0.3, -0.25) is 0 Å². The molecule has 0 nitrogen and oxygen atoms in total. The van der Waals surface area contributed by atoms with Crippen molar-refractivity contribution < 1.29 is 0 Å². The maximum atomic E-state index is 2.20. The van der Waals surface area contributed by atoms with Gasteiger partial charge in [0, 0.05) is 0 Å². The van der Waals surface area contributed by atoms with Gasteiger partial charge >= 0.3 is 0 Å². The molecule has 0 fully saturated rings. The number of hydrogen-bond acceptors (Lipinski definition) is 0. The monoisotopic (exact) mass is 172 g/mol. The van der Waals surface area contributed by atoms with Crippen LogP contribution in [0.5, 0.6) is 0 Å². The van der Waals surface area contributed by atoms with Crippen molar-refractivity contribution in [1.82, 2.24) is 0 Å². The van der Waals surface area contributed by atoms with Crippen LogP contribution >= 0.6 is 0 Å². The molecule has 0 N–H and O–H groups in total. The fraction of sp³-hybridized carbons (Fsp3) is 0.231. The third kappa shape index (κ3) is 3.29. The van der Waals surface area contributed by atoms with Gasteiger partial charge in [0.25, 0.3) is 0 Å². The molecule has 0 saturated heterocycles. The predicted octanol–water partition coefficient (Wildman–Crippen LogP) is 3.92. The highest BCUT2D eigenvalue weighted by Crippen LogP contribution is 2.15. The first kappa shape index (κ1) is 9.79. The van der Waals surface area contributed by atoms with Gasteiger partial charge in [0.2, 0.25) is 0 Å². The van der Waals surface area contributed by atoms with Gasteiger partial charge < -0.3 is 0 Å². The molecule has 1 unspecified atom stereocenters. The molecule has 0 aliphatic carbocycles. The lowest BCUT2D eigenvalue weighted by atomic mass is 10.0. The van der Waals surface area contributed by atoms with Gasteiger partial charge in [0.15, 0.2) is 0 Å². The van der Waals surface area contributed by atoms with E-state index in [0.717, 1.165) is 0 Å². The van der Waals surface area contributed by atoms with Gasteiger partial charge in [-0.15, -0.1) is 0 Å². The van der Waals surface area contributed by atoms with Crippen LogP contribution in [0.15, 0.2) is 54.6 Å². The van der Waals surface area contributed by atoms with E-state index in [2.05, 4.69) is 49.4 Å². The number of hydrogen-bond donors (Lipinski definition) is 0. The Morgan fingerprint density at radius 2 is 1.77 bits per heavy atom. The minimum Gasteiger partial charge on any atom is -0.0877 e. The van der Waals surface area contributed by atoms with Crippen LogP contribution in [0.3, 0.4) is 0 Å². The van der Waals surface area contributed by atoms with E-state index in [1.54, 1.807) is 0 Å². The molecule has 1 aromatic rings. The molecule has 0 bridgehead atoms. The van der Waals surface area contributed by atoms with Crippen molar-refractivity contribution in [3.63, 3.8) is 0 Å². The first-order chi connectivity index (χ1) is 6.34. The van der Waals surface area contributed by atoms with Crippen molar-refractivity contribution >= 4 is 0 Å². The minimum atomic E-state index is 0.498. The van der Waals surface area contributed by atoms with Gasteiger partial charge in [-0.1, -0.05) is 61.6 Å². The highest BCUT2D eigenvalue weighted by molar-refractivity contribution is 5.23. The standard InChI is InChI=1S/C13H16/c1-3-4-6-9-12(2)13-10-7-5-8-11-13/h3-12H,1-2H3/b4-3+,9-6-. The average molecular weight is 172 g/mol. The maximum absolute atomic E-state index is 2.20. The summed E-state index contributed by atoms with van der Waals surface area (Å²) in [6.45, 7) is 4.23. The summed E-state index contributed by atoms with van der Waals surface area (Å²) in [6, 6.07) is 10.5. The molecule has 0 amide bonds. The third-order valence-corrected chi connectivity index (χ3v) is 2.03. The summed E-state index contributed by atoms with van der Waals surface area (Å²) in [7, 11) is 0. The smallest absolute Gasteiger partial charge is 0.000732 e. The molecule has 1 atom stereocenters. The zero-order valence-electron chi connectivity index (χ0n) is 8.27. The van der Waals surface area contributed by atoms with E-state index in [4.69, 9.17) is 0 Å². The van der Waals surface area contributed by atoms with Crippen molar-refractivity contribution in [2.75, 3.05) is 0 Å². The zero-order valence-corrected chi connectivity index (χ0v) is 8.27. The van der Waals surface area contributed by atoms with Crippen LogP contribution in [0, 0.1) is 0 Å². The Bertz CT molecular complexity index is 280. The fourth-order valence-electron chi connectivity index (χ4n) is 1.21. The molecule has 0 heterocycles. The fourth-order valence-corrected chi connectivity index (χ4v) is 1.21. The SMILES string of the molecule is C/C=C/C=C\C(C)c1ccccc1. The molecule has 0 aliphatic heterocycles. The molecule has 0 spiro atoms. The summed E-state index contributed by atoms with van der Waals surface area (Å²) < 4.78 is 0. The molecule has 1 aromatic carbocycles. The Hall–Kier alpha value is -1.30. The molecule has 0 aliphatic rings. The van der Waals surface area contributed by atoms with E-state index < -0.39 is 0 Å². The first-order valence-corrected chi connectivity index (χ1v) is 4.69. The van der Waals surface area contributed by atoms with Crippen molar-refractivity contribution in [2.24, 2.45) is 0 Å². The first-order valence-electron chi connectivity index (χ1n) is 4.69. The summed E-state index contributed by atoms with van der Waals surface area (Å²) in [5.41, 5.74) is 1.36. The number of rotatable bonds is 3. The second kappa shape index (κ2) is 5.36. The van der Waals surface area contributed by atoms with Gasteiger partial charge in [0.1, 0.15) is 0 Å². The van der Waals surface area contributed by atoms with E-state index in [-0.39, 0.29) is 0 Å². The molecular formula is C13H16. The van der Waals surface area contributed by atoms with Crippen molar-refractivity contribution in [2.45, 2.75) is 19.8 Å². The molecule has 0 radical (unpaired) electrons.